The first kappa shape index (κ1) is 15.7. The Labute approximate surface area is 137 Å². The minimum Gasteiger partial charge on any atom is -0.352 e. The van der Waals surface area contributed by atoms with Crippen LogP contribution in [0.15, 0.2) is 53.1 Å². The van der Waals surface area contributed by atoms with E-state index in [1.165, 1.54) is 6.08 Å². The maximum atomic E-state index is 11.7. The summed E-state index contributed by atoms with van der Waals surface area (Å²) in [6, 6.07) is 11.3. The predicted octanol–water partition coefficient (Wildman–Crippen LogP) is 3.87. The minimum absolute atomic E-state index is 0.134. The third-order valence-electron chi connectivity index (χ3n) is 2.78. The monoisotopic (exact) mass is 364 g/mol. The summed E-state index contributed by atoms with van der Waals surface area (Å²) in [4.78, 5) is 15.9. The molecule has 1 aromatic heterocycles. The van der Waals surface area contributed by atoms with Crippen molar-refractivity contribution in [3.8, 4) is 0 Å². The van der Waals surface area contributed by atoms with E-state index in [1.54, 1.807) is 18.3 Å². The zero-order valence-corrected chi connectivity index (χ0v) is 13.6. The van der Waals surface area contributed by atoms with Crippen LogP contribution in [0, 0.1) is 0 Å². The van der Waals surface area contributed by atoms with Crippen LogP contribution in [0.5, 0.6) is 0 Å². The van der Waals surface area contributed by atoms with E-state index < -0.39 is 0 Å². The first-order valence-electron chi connectivity index (χ1n) is 6.46. The maximum absolute atomic E-state index is 11.7. The summed E-state index contributed by atoms with van der Waals surface area (Å²) in [7, 11) is 0. The van der Waals surface area contributed by atoms with E-state index in [0.29, 0.717) is 18.0 Å². The first-order valence-corrected chi connectivity index (χ1v) is 7.63. The average Bonchev–Trinajstić information content (AvgIpc) is 2.49. The fraction of sp³-hybridized carbons (Fsp3) is 0.125. The van der Waals surface area contributed by atoms with Crippen molar-refractivity contribution in [3.05, 3.63) is 69.4 Å². The van der Waals surface area contributed by atoms with E-state index in [1.807, 2.05) is 30.3 Å². The lowest BCUT2D eigenvalue weighted by atomic mass is 10.2. The number of halogens is 2. The highest BCUT2D eigenvalue weighted by Crippen LogP contribution is 2.23. The van der Waals surface area contributed by atoms with Gasteiger partial charge in [0, 0.05) is 35.4 Å². The van der Waals surface area contributed by atoms with Gasteiger partial charge in [-0.2, -0.15) is 0 Å². The van der Waals surface area contributed by atoms with Crippen molar-refractivity contribution < 1.29 is 4.79 Å². The van der Waals surface area contributed by atoms with Crippen molar-refractivity contribution in [2.24, 2.45) is 0 Å². The topological polar surface area (TPSA) is 42.0 Å². The molecule has 1 heterocycles. The lowest BCUT2D eigenvalue weighted by Crippen LogP contribution is -2.23. The van der Waals surface area contributed by atoms with Gasteiger partial charge in [-0.3, -0.25) is 9.78 Å². The average molecular weight is 366 g/mol. The molecule has 2 rings (SSSR count). The quantitative estimate of drug-likeness (QED) is 0.817. The van der Waals surface area contributed by atoms with Gasteiger partial charge < -0.3 is 5.32 Å². The van der Waals surface area contributed by atoms with Crippen LogP contribution >= 0.6 is 27.5 Å². The Bertz CT molecular complexity index is 644. The Morgan fingerprint density at radius 1 is 1.33 bits per heavy atom. The van der Waals surface area contributed by atoms with Gasteiger partial charge >= 0.3 is 0 Å². The third-order valence-corrected chi connectivity index (χ3v) is 4.01. The second kappa shape index (κ2) is 7.96. The summed E-state index contributed by atoms with van der Waals surface area (Å²) < 4.78 is 0.834. The van der Waals surface area contributed by atoms with Crippen molar-refractivity contribution in [1.29, 1.82) is 0 Å². The largest absolute Gasteiger partial charge is 0.352 e. The summed E-state index contributed by atoms with van der Waals surface area (Å²) in [6.07, 6.45) is 5.69. The summed E-state index contributed by atoms with van der Waals surface area (Å²) in [5.41, 5.74) is 1.84. The summed E-state index contributed by atoms with van der Waals surface area (Å²) in [5.74, 6) is -0.134. The van der Waals surface area contributed by atoms with Gasteiger partial charge in [-0.15, -0.1) is 0 Å². The number of pyridine rings is 1. The zero-order chi connectivity index (χ0) is 15.1. The molecule has 0 aliphatic carbocycles. The van der Waals surface area contributed by atoms with Gasteiger partial charge in [0.1, 0.15) is 0 Å². The van der Waals surface area contributed by atoms with Gasteiger partial charge in [-0.25, -0.2) is 0 Å². The molecule has 1 amide bonds. The maximum Gasteiger partial charge on any atom is 0.244 e. The van der Waals surface area contributed by atoms with Crippen molar-refractivity contribution in [2.75, 3.05) is 6.54 Å². The van der Waals surface area contributed by atoms with Crippen LogP contribution in [-0.2, 0) is 11.2 Å². The molecule has 5 heteroatoms. The van der Waals surface area contributed by atoms with E-state index in [2.05, 4.69) is 26.2 Å². The van der Waals surface area contributed by atoms with Gasteiger partial charge in [0.2, 0.25) is 5.91 Å². The van der Waals surface area contributed by atoms with Crippen LogP contribution in [0.3, 0.4) is 0 Å². The molecular weight excluding hydrogens is 352 g/mol. The van der Waals surface area contributed by atoms with Crippen LogP contribution in [-0.4, -0.2) is 17.4 Å². The Kier molecular flexibility index (Phi) is 5.96. The van der Waals surface area contributed by atoms with Crippen molar-refractivity contribution in [3.63, 3.8) is 0 Å². The molecule has 3 nitrogen and oxygen atoms in total. The zero-order valence-electron chi connectivity index (χ0n) is 11.2. The second-order valence-electron chi connectivity index (χ2n) is 4.37. The molecule has 0 spiro atoms. The molecule has 0 aliphatic heterocycles. The van der Waals surface area contributed by atoms with E-state index >= 15 is 0 Å². The SMILES string of the molecule is O=C(/C=C/c1ccc(Br)c(Cl)c1)NCCc1ccccn1. The molecule has 0 atom stereocenters. The standard InChI is InChI=1S/C16H14BrClN2O/c17-14-6-4-12(11-15(14)18)5-7-16(21)20-10-8-13-3-1-2-9-19-13/h1-7,9,11H,8,10H2,(H,20,21)/b7-5+. The molecule has 2 aromatic rings. The molecular formula is C16H14BrClN2O. The van der Waals surface area contributed by atoms with E-state index in [0.717, 1.165) is 15.7 Å². The van der Waals surface area contributed by atoms with Crippen LogP contribution in [0.25, 0.3) is 6.08 Å². The predicted molar refractivity (Wildman–Crippen MR) is 89.1 cm³/mol. The molecule has 1 aromatic carbocycles. The van der Waals surface area contributed by atoms with Crippen LogP contribution < -0.4 is 5.32 Å². The Hall–Kier alpha value is -1.65. The number of hydrogen-bond donors (Lipinski definition) is 1. The van der Waals surface area contributed by atoms with Crippen molar-refractivity contribution >= 4 is 39.5 Å². The Morgan fingerprint density at radius 2 is 2.19 bits per heavy atom. The van der Waals surface area contributed by atoms with Crippen LogP contribution in [0.2, 0.25) is 5.02 Å². The molecule has 0 unspecified atom stereocenters. The number of nitrogens with one attached hydrogen (secondary N) is 1. The molecule has 0 bridgehead atoms. The van der Waals surface area contributed by atoms with E-state index in [4.69, 9.17) is 11.6 Å². The summed E-state index contributed by atoms with van der Waals surface area (Å²) in [5, 5.41) is 3.44. The lowest BCUT2D eigenvalue weighted by molar-refractivity contribution is -0.116. The van der Waals surface area contributed by atoms with Crippen LogP contribution in [0.4, 0.5) is 0 Å². The lowest BCUT2D eigenvalue weighted by Gasteiger charge is -2.02. The molecule has 0 saturated carbocycles. The smallest absolute Gasteiger partial charge is 0.244 e. The number of carbonyl (C=O) groups excluding carboxylic acids is 1. The highest BCUT2D eigenvalue weighted by Gasteiger charge is 1.99. The van der Waals surface area contributed by atoms with Gasteiger partial charge in [0.25, 0.3) is 0 Å². The van der Waals surface area contributed by atoms with Gasteiger partial charge in [0.05, 0.1) is 5.02 Å². The summed E-state index contributed by atoms with van der Waals surface area (Å²) >= 11 is 9.32. The Morgan fingerprint density at radius 3 is 2.90 bits per heavy atom. The number of amides is 1. The number of nitrogens with zero attached hydrogens (tertiary/aromatic N) is 1. The van der Waals surface area contributed by atoms with E-state index in [-0.39, 0.29) is 5.91 Å². The number of carbonyl (C=O) groups is 1. The van der Waals surface area contributed by atoms with Gasteiger partial charge in [-0.1, -0.05) is 23.7 Å². The number of rotatable bonds is 5. The van der Waals surface area contributed by atoms with Gasteiger partial charge in [0.15, 0.2) is 0 Å². The number of hydrogen-bond acceptors (Lipinski definition) is 2. The normalized spacial score (nSPS) is 10.8. The highest BCUT2D eigenvalue weighted by molar-refractivity contribution is 9.10. The van der Waals surface area contributed by atoms with E-state index in [9.17, 15) is 4.79 Å². The molecule has 1 N–H and O–H groups in total. The number of benzene rings is 1. The van der Waals surface area contributed by atoms with Gasteiger partial charge in [-0.05, 0) is 51.8 Å². The molecule has 108 valence electrons. The fourth-order valence-electron chi connectivity index (χ4n) is 1.71. The molecule has 0 aliphatic rings. The fourth-order valence-corrected chi connectivity index (χ4v) is 2.14. The minimum atomic E-state index is -0.134. The summed E-state index contributed by atoms with van der Waals surface area (Å²) in [6.45, 7) is 0.557. The second-order valence-corrected chi connectivity index (χ2v) is 5.63. The molecule has 0 saturated heterocycles. The third kappa shape index (κ3) is 5.33. The molecule has 0 radical (unpaired) electrons. The number of aromatic nitrogens is 1. The molecule has 0 fully saturated rings. The first-order chi connectivity index (χ1) is 10.1. The van der Waals surface area contributed by atoms with Crippen molar-refractivity contribution in [2.45, 2.75) is 6.42 Å². The molecule has 21 heavy (non-hydrogen) atoms. The van der Waals surface area contributed by atoms with Crippen LogP contribution in [0.1, 0.15) is 11.3 Å². The van der Waals surface area contributed by atoms with Crippen molar-refractivity contribution in [1.82, 2.24) is 10.3 Å². The Balaban J connectivity index is 1.81. The highest BCUT2D eigenvalue weighted by atomic mass is 79.9.